The van der Waals surface area contributed by atoms with Crippen molar-refractivity contribution in [2.75, 3.05) is 24.7 Å². The summed E-state index contributed by atoms with van der Waals surface area (Å²) in [6.45, 7) is -1.12. The van der Waals surface area contributed by atoms with Crippen molar-refractivity contribution in [3.05, 3.63) is 18.2 Å². The molecule has 1 rings (SSSR count). The van der Waals surface area contributed by atoms with Crippen LogP contribution in [0.5, 0.6) is 5.75 Å². The topological polar surface area (TPSA) is 47.3 Å². The Balaban J connectivity index is 2.79. The fourth-order valence-electron chi connectivity index (χ4n) is 1.06. The number of methoxy groups -OCH3 is 1. The average Bonchev–Trinajstić information content (AvgIpc) is 2.14. The molecule has 0 saturated heterocycles. The molecule has 15 heavy (non-hydrogen) atoms. The molecule has 0 bridgehead atoms. The molecule has 1 aromatic carbocycles. The molecule has 3 nitrogen and oxygen atoms in total. The maximum absolute atomic E-state index is 11.9. The van der Waals surface area contributed by atoms with Gasteiger partial charge in [0, 0.05) is 5.69 Å². The number of rotatable bonds is 3. The predicted octanol–water partition coefficient (Wildman–Crippen LogP) is 2.25. The van der Waals surface area contributed by atoms with Crippen molar-refractivity contribution in [2.45, 2.75) is 6.18 Å². The van der Waals surface area contributed by atoms with Gasteiger partial charge in [0.15, 0.2) is 0 Å². The Hall–Kier alpha value is -1.59. The summed E-state index contributed by atoms with van der Waals surface area (Å²) in [6, 6.07) is 4.45. The van der Waals surface area contributed by atoms with Gasteiger partial charge in [0.2, 0.25) is 0 Å². The zero-order chi connectivity index (χ0) is 11.5. The number of halogens is 3. The molecule has 1 aromatic rings. The van der Waals surface area contributed by atoms with E-state index in [1.165, 1.54) is 19.2 Å². The number of nitrogens with one attached hydrogen (secondary N) is 1. The van der Waals surface area contributed by atoms with Crippen molar-refractivity contribution in [1.29, 1.82) is 0 Å². The fraction of sp³-hybridized carbons (Fsp3) is 0.333. The molecule has 0 spiro atoms. The van der Waals surface area contributed by atoms with Gasteiger partial charge >= 0.3 is 6.18 Å². The van der Waals surface area contributed by atoms with E-state index in [-0.39, 0.29) is 5.69 Å². The van der Waals surface area contributed by atoms with E-state index in [2.05, 4.69) is 5.32 Å². The monoisotopic (exact) mass is 220 g/mol. The number of nitrogen functional groups attached to an aromatic ring is 1. The van der Waals surface area contributed by atoms with Crippen molar-refractivity contribution in [3.8, 4) is 5.75 Å². The molecule has 0 atom stereocenters. The fourth-order valence-corrected chi connectivity index (χ4v) is 1.06. The second-order valence-electron chi connectivity index (χ2n) is 2.93. The number of anilines is 2. The van der Waals surface area contributed by atoms with Crippen LogP contribution in [0.1, 0.15) is 0 Å². The third-order valence-electron chi connectivity index (χ3n) is 1.70. The van der Waals surface area contributed by atoms with E-state index in [9.17, 15) is 13.2 Å². The number of ether oxygens (including phenoxy) is 1. The number of alkyl halides is 3. The van der Waals surface area contributed by atoms with Crippen LogP contribution in [-0.4, -0.2) is 19.8 Å². The predicted molar refractivity (Wildman–Crippen MR) is 52.0 cm³/mol. The summed E-state index contributed by atoms with van der Waals surface area (Å²) in [4.78, 5) is 0. The Morgan fingerprint density at radius 2 is 2.07 bits per heavy atom. The van der Waals surface area contributed by atoms with Gasteiger partial charge in [-0.25, -0.2) is 0 Å². The molecule has 6 heteroatoms. The molecule has 0 amide bonds. The standard InChI is InChI=1S/C9H11F3N2O/c1-15-8-3-2-6(13)4-7(8)14-5-9(10,11)12/h2-4,14H,5,13H2,1H3. The Morgan fingerprint density at radius 3 is 2.60 bits per heavy atom. The van der Waals surface area contributed by atoms with E-state index in [0.717, 1.165) is 0 Å². The van der Waals surface area contributed by atoms with Gasteiger partial charge < -0.3 is 15.8 Å². The minimum atomic E-state index is -4.27. The van der Waals surface area contributed by atoms with Gasteiger partial charge in [-0.05, 0) is 18.2 Å². The third-order valence-corrected chi connectivity index (χ3v) is 1.70. The Morgan fingerprint density at radius 1 is 1.40 bits per heavy atom. The molecule has 0 radical (unpaired) electrons. The van der Waals surface area contributed by atoms with Gasteiger partial charge in [-0.3, -0.25) is 0 Å². The van der Waals surface area contributed by atoms with E-state index in [4.69, 9.17) is 10.5 Å². The minimum absolute atomic E-state index is 0.231. The summed E-state index contributed by atoms with van der Waals surface area (Å²) in [6.07, 6.45) is -4.27. The lowest BCUT2D eigenvalue weighted by molar-refractivity contribution is -0.115. The maximum Gasteiger partial charge on any atom is 0.405 e. The Kier molecular flexibility index (Phi) is 3.28. The first-order valence-electron chi connectivity index (χ1n) is 4.16. The van der Waals surface area contributed by atoms with Gasteiger partial charge in [-0.1, -0.05) is 0 Å². The summed E-state index contributed by atoms with van der Waals surface area (Å²) >= 11 is 0. The highest BCUT2D eigenvalue weighted by molar-refractivity contribution is 5.63. The number of benzene rings is 1. The molecular weight excluding hydrogens is 209 g/mol. The van der Waals surface area contributed by atoms with Gasteiger partial charge in [0.05, 0.1) is 12.8 Å². The van der Waals surface area contributed by atoms with Crippen LogP contribution >= 0.6 is 0 Å². The largest absolute Gasteiger partial charge is 0.495 e. The number of nitrogens with two attached hydrogens (primary N) is 1. The highest BCUT2D eigenvalue weighted by Gasteiger charge is 2.27. The highest BCUT2D eigenvalue weighted by atomic mass is 19.4. The molecular formula is C9H11F3N2O. The van der Waals surface area contributed by atoms with Gasteiger partial charge in [-0.15, -0.1) is 0 Å². The number of hydrogen-bond donors (Lipinski definition) is 2. The second-order valence-corrected chi connectivity index (χ2v) is 2.93. The summed E-state index contributed by atoms with van der Waals surface area (Å²) in [7, 11) is 1.38. The van der Waals surface area contributed by atoms with E-state index in [1.54, 1.807) is 6.07 Å². The third kappa shape index (κ3) is 3.57. The van der Waals surface area contributed by atoms with Crippen LogP contribution in [0.4, 0.5) is 24.5 Å². The summed E-state index contributed by atoms with van der Waals surface area (Å²) < 4.78 is 40.7. The number of hydrogen-bond acceptors (Lipinski definition) is 3. The molecule has 0 fully saturated rings. The van der Waals surface area contributed by atoms with Crippen LogP contribution in [0.15, 0.2) is 18.2 Å². The van der Waals surface area contributed by atoms with Gasteiger partial charge in [-0.2, -0.15) is 13.2 Å². The molecule has 3 N–H and O–H groups in total. The van der Waals surface area contributed by atoms with E-state index in [1.807, 2.05) is 0 Å². The van der Waals surface area contributed by atoms with Crippen LogP contribution in [0.2, 0.25) is 0 Å². The summed E-state index contributed by atoms with van der Waals surface area (Å²) in [5, 5.41) is 2.21. The summed E-state index contributed by atoms with van der Waals surface area (Å²) in [5.41, 5.74) is 6.05. The zero-order valence-electron chi connectivity index (χ0n) is 8.06. The lowest BCUT2D eigenvalue weighted by Crippen LogP contribution is -2.21. The van der Waals surface area contributed by atoms with Gasteiger partial charge in [0.1, 0.15) is 12.3 Å². The average molecular weight is 220 g/mol. The van der Waals surface area contributed by atoms with E-state index >= 15 is 0 Å². The summed E-state index contributed by atoms with van der Waals surface area (Å²) in [5.74, 6) is 0.327. The quantitative estimate of drug-likeness (QED) is 0.768. The van der Waals surface area contributed by atoms with Crippen LogP contribution in [0.3, 0.4) is 0 Å². The molecule has 0 saturated carbocycles. The highest BCUT2D eigenvalue weighted by Crippen LogP contribution is 2.27. The lowest BCUT2D eigenvalue weighted by atomic mass is 10.2. The van der Waals surface area contributed by atoms with Crippen molar-refractivity contribution < 1.29 is 17.9 Å². The molecule has 0 aromatic heterocycles. The Bertz CT molecular complexity index is 339. The molecule has 0 aliphatic carbocycles. The van der Waals surface area contributed by atoms with Crippen molar-refractivity contribution in [2.24, 2.45) is 0 Å². The molecule has 0 aliphatic heterocycles. The maximum atomic E-state index is 11.9. The van der Waals surface area contributed by atoms with Crippen LogP contribution in [-0.2, 0) is 0 Å². The van der Waals surface area contributed by atoms with Crippen LogP contribution in [0, 0.1) is 0 Å². The SMILES string of the molecule is COc1ccc(N)cc1NCC(F)(F)F. The first kappa shape index (κ1) is 11.5. The Labute approximate surface area is 85.0 Å². The molecule has 0 aliphatic rings. The lowest BCUT2D eigenvalue weighted by Gasteiger charge is -2.13. The molecule has 0 heterocycles. The molecule has 0 unspecified atom stereocenters. The zero-order valence-corrected chi connectivity index (χ0v) is 8.06. The molecule has 84 valence electrons. The first-order valence-corrected chi connectivity index (χ1v) is 4.16. The van der Waals surface area contributed by atoms with Crippen molar-refractivity contribution >= 4 is 11.4 Å². The second kappa shape index (κ2) is 4.29. The first-order chi connectivity index (χ1) is 6.92. The van der Waals surface area contributed by atoms with Crippen molar-refractivity contribution in [1.82, 2.24) is 0 Å². The normalized spacial score (nSPS) is 11.2. The van der Waals surface area contributed by atoms with Crippen molar-refractivity contribution in [3.63, 3.8) is 0 Å². The smallest absolute Gasteiger partial charge is 0.405 e. The van der Waals surface area contributed by atoms with E-state index in [0.29, 0.717) is 11.4 Å². The minimum Gasteiger partial charge on any atom is -0.495 e. The van der Waals surface area contributed by atoms with Crippen LogP contribution < -0.4 is 15.8 Å². The van der Waals surface area contributed by atoms with Crippen LogP contribution in [0.25, 0.3) is 0 Å². The van der Waals surface area contributed by atoms with Gasteiger partial charge in [0.25, 0.3) is 0 Å². The van der Waals surface area contributed by atoms with E-state index < -0.39 is 12.7 Å².